The van der Waals surface area contributed by atoms with E-state index < -0.39 is 0 Å². The lowest BCUT2D eigenvalue weighted by molar-refractivity contribution is 1.18. The maximum Gasteiger partial charge on any atom is 0.0542 e. The third-order valence-corrected chi connectivity index (χ3v) is 11.9. The average molecular weight is 897 g/mol. The number of rotatable bonds is 4. The van der Waals surface area contributed by atoms with Gasteiger partial charge in [0.25, 0.3) is 0 Å². The first kappa shape index (κ1) is 37.9. The van der Waals surface area contributed by atoms with Gasteiger partial charge in [-0.05, 0) is 118 Å². The van der Waals surface area contributed by atoms with Crippen molar-refractivity contribution in [3.63, 3.8) is 0 Å². The molecule has 2 heterocycles. The third-order valence-electron chi connectivity index (χ3n) is 11.2. The highest BCUT2D eigenvalue weighted by atomic mass is 127. The molecule has 0 atom stereocenters. The van der Waals surface area contributed by atoms with E-state index in [2.05, 4.69) is 237 Å². The van der Waals surface area contributed by atoms with E-state index in [0.29, 0.717) is 0 Å². The molecule has 0 unspecified atom stereocenters. The van der Waals surface area contributed by atoms with Gasteiger partial charge in [0.05, 0.1) is 22.1 Å². The van der Waals surface area contributed by atoms with Crippen molar-refractivity contribution in [2.45, 2.75) is 0 Å². The number of fused-ring (bicyclic) bond motifs is 8. The van der Waals surface area contributed by atoms with Crippen molar-refractivity contribution in [1.29, 1.82) is 0 Å². The lowest BCUT2D eigenvalue weighted by Gasteiger charge is -2.11. The molecule has 3 N–H and O–H groups in total. The molecule has 12 aromatic rings. The highest BCUT2D eigenvalue weighted by Crippen LogP contribution is 2.36. The van der Waals surface area contributed by atoms with Gasteiger partial charge in [-0.2, -0.15) is 0 Å². The van der Waals surface area contributed by atoms with E-state index in [1.54, 1.807) is 0 Å². The number of halogens is 1. The van der Waals surface area contributed by atoms with Crippen LogP contribution in [-0.4, -0.2) is 9.13 Å². The first-order valence-corrected chi connectivity index (χ1v) is 21.5. The molecule has 10 aromatic carbocycles. The second-order valence-electron chi connectivity index (χ2n) is 15.0. The topological polar surface area (TPSA) is 47.9 Å². The van der Waals surface area contributed by atoms with Gasteiger partial charge >= 0.3 is 0 Å². The van der Waals surface area contributed by atoms with Gasteiger partial charge in [-0.25, -0.2) is 0 Å². The van der Waals surface area contributed by atoms with Crippen LogP contribution >= 0.6 is 22.6 Å². The van der Waals surface area contributed by atoms with Crippen LogP contribution in [0.2, 0.25) is 0 Å². The Balaban J connectivity index is 0.000000123. The maximum atomic E-state index is 5.76. The summed E-state index contributed by atoms with van der Waals surface area (Å²) < 4.78 is 5.94. The summed E-state index contributed by atoms with van der Waals surface area (Å²) in [6.45, 7) is 0. The maximum absolute atomic E-state index is 5.76. The number of para-hydroxylation sites is 4. The number of hydrogen-bond donors (Lipinski definition) is 2. The van der Waals surface area contributed by atoms with Crippen molar-refractivity contribution in [2.75, 3.05) is 11.1 Å². The standard InChI is InChI=1S/C28H20N2.C18H12IN.C10H9N/c1-2-11-22(12-3-1)30-27-16-7-6-14-24(27)25-19-21(17-18-28(25)30)29-26-15-8-10-20-9-4-5-13-23(20)26;19-13-10-11-18-16(12-13)15-8-4-5-9-17(15)20(18)14-6-2-1-3-7-14;11-10-7-3-5-8-4-1-2-6-9(8)10/h1-19,29H;1-12H;1-7H,11H2. The molecule has 0 aliphatic carbocycles. The number of benzene rings is 10. The minimum Gasteiger partial charge on any atom is -0.398 e. The molecule has 5 heteroatoms. The molecule has 0 aliphatic heterocycles. The van der Waals surface area contributed by atoms with Crippen LogP contribution < -0.4 is 11.1 Å². The lowest BCUT2D eigenvalue weighted by atomic mass is 10.1. The molecular weight excluding hydrogens is 856 g/mol. The van der Waals surface area contributed by atoms with Crippen LogP contribution in [0.1, 0.15) is 0 Å². The van der Waals surface area contributed by atoms with Crippen molar-refractivity contribution in [3.8, 4) is 11.4 Å². The zero-order valence-corrected chi connectivity index (χ0v) is 35.4. The van der Waals surface area contributed by atoms with Gasteiger partial charge in [0.1, 0.15) is 0 Å². The van der Waals surface area contributed by atoms with Gasteiger partial charge in [-0.15, -0.1) is 0 Å². The molecule has 0 bridgehead atoms. The summed E-state index contributed by atoms with van der Waals surface area (Å²) in [6, 6.07) is 80.5. The summed E-state index contributed by atoms with van der Waals surface area (Å²) in [7, 11) is 0. The predicted molar refractivity (Wildman–Crippen MR) is 270 cm³/mol. The summed E-state index contributed by atoms with van der Waals surface area (Å²) in [5.41, 5.74) is 16.2. The number of nitrogen functional groups attached to an aromatic ring is 1. The van der Waals surface area contributed by atoms with E-state index in [9.17, 15) is 0 Å². The summed E-state index contributed by atoms with van der Waals surface area (Å²) in [6.07, 6.45) is 0. The Kier molecular flexibility index (Phi) is 10.4. The van der Waals surface area contributed by atoms with E-state index in [0.717, 1.165) is 22.4 Å². The SMILES string of the molecule is Ic1ccc2c(c1)c1ccccc1n2-c1ccccc1.Nc1cccc2ccccc12.c1ccc(-n2c3ccccc3c3cc(Nc4cccc5ccccc45)ccc32)cc1. The minimum absolute atomic E-state index is 0.850. The van der Waals surface area contributed by atoms with E-state index in [4.69, 9.17) is 5.73 Å². The molecule has 0 spiro atoms. The Hall–Kier alpha value is -7.35. The number of anilines is 3. The zero-order chi connectivity index (χ0) is 41.1. The van der Waals surface area contributed by atoms with Crippen LogP contribution in [0.5, 0.6) is 0 Å². The normalized spacial score (nSPS) is 11.1. The molecule has 292 valence electrons. The monoisotopic (exact) mass is 896 g/mol. The number of nitrogens with one attached hydrogen (secondary N) is 1. The molecule has 0 radical (unpaired) electrons. The fraction of sp³-hybridized carbons (Fsp3) is 0. The van der Waals surface area contributed by atoms with Crippen molar-refractivity contribution in [1.82, 2.24) is 9.13 Å². The van der Waals surface area contributed by atoms with Gasteiger partial charge < -0.3 is 20.2 Å². The zero-order valence-electron chi connectivity index (χ0n) is 33.3. The predicted octanol–water partition coefficient (Wildman–Crippen LogP) is 15.5. The fourth-order valence-corrected chi connectivity index (χ4v) is 8.94. The summed E-state index contributed by atoms with van der Waals surface area (Å²) >= 11 is 2.38. The van der Waals surface area contributed by atoms with Crippen molar-refractivity contribution in [2.24, 2.45) is 0 Å². The molecule has 4 nitrogen and oxygen atoms in total. The largest absolute Gasteiger partial charge is 0.398 e. The molecule has 12 rings (SSSR count). The van der Waals surface area contributed by atoms with Crippen LogP contribution in [-0.2, 0) is 0 Å². The highest BCUT2D eigenvalue weighted by Gasteiger charge is 2.14. The van der Waals surface area contributed by atoms with E-state index in [-0.39, 0.29) is 0 Å². The number of hydrogen-bond acceptors (Lipinski definition) is 2. The van der Waals surface area contributed by atoms with E-state index >= 15 is 0 Å². The third kappa shape index (κ3) is 7.45. The summed E-state index contributed by atoms with van der Waals surface area (Å²) in [5, 5.41) is 13.6. The van der Waals surface area contributed by atoms with Crippen LogP contribution in [0.4, 0.5) is 17.1 Å². The second-order valence-corrected chi connectivity index (χ2v) is 16.2. The van der Waals surface area contributed by atoms with Crippen LogP contribution in [0.15, 0.2) is 231 Å². The number of aromatic nitrogens is 2. The molecule has 0 fully saturated rings. The summed E-state index contributed by atoms with van der Waals surface area (Å²) in [4.78, 5) is 0. The van der Waals surface area contributed by atoms with E-state index in [1.807, 2.05) is 30.3 Å². The van der Waals surface area contributed by atoms with Gasteiger partial charge in [0.2, 0.25) is 0 Å². The minimum atomic E-state index is 0.850. The Morgan fingerprint density at radius 2 is 0.787 bits per heavy atom. The molecule has 2 aromatic heterocycles. The Labute approximate surface area is 368 Å². The van der Waals surface area contributed by atoms with Gasteiger partial charge in [-0.1, -0.05) is 146 Å². The first-order chi connectivity index (χ1) is 30.1. The molecule has 0 saturated heterocycles. The van der Waals surface area contributed by atoms with Crippen molar-refractivity contribution in [3.05, 3.63) is 234 Å². The van der Waals surface area contributed by atoms with Crippen molar-refractivity contribution < 1.29 is 0 Å². The lowest BCUT2D eigenvalue weighted by Crippen LogP contribution is -1.94. The highest BCUT2D eigenvalue weighted by molar-refractivity contribution is 14.1. The van der Waals surface area contributed by atoms with Gasteiger partial charge in [-0.3, -0.25) is 0 Å². The van der Waals surface area contributed by atoms with Crippen molar-refractivity contribution >= 4 is 105 Å². The average Bonchev–Trinajstić information content (AvgIpc) is 3.82. The van der Waals surface area contributed by atoms with Gasteiger partial charge in [0.15, 0.2) is 0 Å². The van der Waals surface area contributed by atoms with Crippen LogP contribution in [0.3, 0.4) is 0 Å². The Morgan fingerprint density at radius 3 is 1.39 bits per heavy atom. The van der Waals surface area contributed by atoms with Gasteiger partial charge in [0, 0.05) is 64.3 Å². The first-order valence-electron chi connectivity index (χ1n) is 20.4. The molecule has 0 saturated carbocycles. The fourth-order valence-electron chi connectivity index (χ4n) is 8.45. The Morgan fingerprint density at radius 1 is 0.344 bits per heavy atom. The molecule has 0 aliphatic rings. The quantitative estimate of drug-likeness (QED) is 0.137. The molecule has 0 amide bonds. The number of nitrogens with zero attached hydrogens (tertiary/aromatic N) is 2. The number of nitrogens with two attached hydrogens (primary N) is 1. The Bertz CT molecular complexity index is 3470. The smallest absolute Gasteiger partial charge is 0.0542 e. The van der Waals surface area contributed by atoms with Crippen LogP contribution in [0.25, 0.3) is 76.5 Å². The van der Waals surface area contributed by atoms with Crippen LogP contribution in [0, 0.1) is 3.57 Å². The molecular formula is C56H41IN4. The molecule has 61 heavy (non-hydrogen) atoms. The summed E-state index contributed by atoms with van der Waals surface area (Å²) in [5.74, 6) is 0. The second kappa shape index (κ2) is 16.7. The van der Waals surface area contributed by atoms with E-state index in [1.165, 1.54) is 74.7 Å².